The maximum atomic E-state index is 12.0. The number of halogens is 1. The van der Waals surface area contributed by atoms with Crippen molar-refractivity contribution in [2.45, 2.75) is 13.0 Å². The van der Waals surface area contributed by atoms with Crippen molar-refractivity contribution in [3.05, 3.63) is 48.8 Å². The lowest BCUT2D eigenvalue weighted by molar-refractivity contribution is -0.115. The minimum Gasteiger partial charge on any atom is -0.497 e. The highest BCUT2D eigenvalue weighted by molar-refractivity contribution is 14.0. The number of aromatic nitrogens is 1. The average molecular weight is 499 g/mol. The van der Waals surface area contributed by atoms with E-state index in [1.807, 2.05) is 31.2 Å². The number of amides is 1. The molecular weight excluding hydrogens is 473 g/mol. The van der Waals surface area contributed by atoms with Gasteiger partial charge in [0.15, 0.2) is 5.96 Å². The summed E-state index contributed by atoms with van der Waals surface area (Å²) in [5.41, 5.74) is 0.646. The number of hydrogen-bond donors (Lipinski definition) is 3. The van der Waals surface area contributed by atoms with E-state index in [-0.39, 0.29) is 42.5 Å². The Bertz CT molecular complexity index is 758. The van der Waals surface area contributed by atoms with Crippen LogP contribution in [0, 0.1) is 0 Å². The monoisotopic (exact) mass is 499 g/mol. The quantitative estimate of drug-likeness (QED) is 0.293. The molecule has 2 rings (SSSR count). The molecule has 1 unspecified atom stereocenters. The number of ether oxygens (including phenoxy) is 2. The second-order valence-electron chi connectivity index (χ2n) is 5.70. The van der Waals surface area contributed by atoms with Crippen LogP contribution in [0.15, 0.2) is 53.8 Å². The average Bonchev–Trinajstić information content (AvgIpc) is 2.69. The van der Waals surface area contributed by atoms with Gasteiger partial charge in [-0.05, 0) is 31.2 Å². The lowest BCUT2D eigenvalue weighted by Gasteiger charge is -2.18. The van der Waals surface area contributed by atoms with Crippen LogP contribution in [0.3, 0.4) is 0 Å². The first-order valence-corrected chi connectivity index (χ1v) is 8.56. The number of hydrogen-bond acceptors (Lipinski definition) is 5. The van der Waals surface area contributed by atoms with Crippen molar-refractivity contribution in [1.29, 1.82) is 0 Å². The molecule has 0 bridgehead atoms. The van der Waals surface area contributed by atoms with Gasteiger partial charge in [-0.25, -0.2) is 0 Å². The first kappa shape index (κ1) is 23.5. The molecule has 0 radical (unpaired) electrons. The van der Waals surface area contributed by atoms with E-state index in [1.165, 1.54) is 0 Å². The molecule has 152 valence electrons. The first-order chi connectivity index (χ1) is 13.1. The summed E-state index contributed by atoms with van der Waals surface area (Å²) >= 11 is 0. The summed E-state index contributed by atoms with van der Waals surface area (Å²) in [6.07, 6.45) is 3.12. The van der Waals surface area contributed by atoms with Crippen LogP contribution in [0.5, 0.6) is 11.5 Å². The van der Waals surface area contributed by atoms with E-state index in [0.29, 0.717) is 18.2 Å². The molecule has 1 aromatic carbocycles. The van der Waals surface area contributed by atoms with Gasteiger partial charge in [-0.15, -0.1) is 24.0 Å². The molecule has 0 fully saturated rings. The standard InChI is InChI=1S/C19H25N5O3.HI/c1-14(27-17-8-4-7-16(10-17)26-3)11-22-19(20-2)23-13-18(25)24-15-6-5-9-21-12-15;/h4-10,12,14H,11,13H2,1-3H3,(H,24,25)(H2,20,22,23);1H. The zero-order valence-corrected chi connectivity index (χ0v) is 18.5. The molecular formula is C19H26IN5O3. The van der Waals surface area contributed by atoms with E-state index in [2.05, 4.69) is 25.9 Å². The fraction of sp³-hybridized carbons (Fsp3) is 0.316. The number of benzene rings is 1. The summed E-state index contributed by atoms with van der Waals surface area (Å²) in [6.45, 7) is 2.54. The summed E-state index contributed by atoms with van der Waals surface area (Å²) < 4.78 is 11.0. The number of nitrogens with one attached hydrogen (secondary N) is 3. The fourth-order valence-electron chi connectivity index (χ4n) is 2.22. The van der Waals surface area contributed by atoms with Crippen LogP contribution in [0.2, 0.25) is 0 Å². The molecule has 1 aromatic heterocycles. The van der Waals surface area contributed by atoms with Gasteiger partial charge >= 0.3 is 0 Å². The summed E-state index contributed by atoms with van der Waals surface area (Å²) in [6, 6.07) is 11.0. The first-order valence-electron chi connectivity index (χ1n) is 8.56. The molecule has 0 spiro atoms. The van der Waals surface area contributed by atoms with Crippen molar-refractivity contribution in [2.24, 2.45) is 4.99 Å². The minimum atomic E-state index is -0.188. The van der Waals surface area contributed by atoms with Crippen LogP contribution >= 0.6 is 24.0 Å². The lowest BCUT2D eigenvalue weighted by Crippen LogP contribution is -2.44. The highest BCUT2D eigenvalue weighted by Crippen LogP contribution is 2.19. The minimum absolute atomic E-state index is 0. The predicted molar refractivity (Wildman–Crippen MR) is 121 cm³/mol. The van der Waals surface area contributed by atoms with Gasteiger partial charge in [0.05, 0.1) is 32.1 Å². The number of aliphatic imine (C=N–C) groups is 1. The Morgan fingerprint density at radius 1 is 1.21 bits per heavy atom. The molecule has 1 amide bonds. The Hall–Kier alpha value is -2.56. The number of anilines is 1. The molecule has 8 nitrogen and oxygen atoms in total. The van der Waals surface area contributed by atoms with Crippen LogP contribution in [0.1, 0.15) is 6.92 Å². The molecule has 0 aliphatic rings. The fourth-order valence-corrected chi connectivity index (χ4v) is 2.22. The molecule has 0 aliphatic heterocycles. The van der Waals surface area contributed by atoms with Crippen molar-refractivity contribution in [3.8, 4) is 11.5 Å². The molecule has 1 atom stereocenters. The van der Waals surface area contributed by atoms with E-state index >= 15 is 0 Å². The molecule has 1 heterocycles. The highest BCUT2D eigenvalue weighted by atomic mass is 127. The van der Waals surface area contributed by atoms with E-state index < -0.39 is 0 Å². The summed E-state index contributed by atoms with van der Waals surface area (Å²) in [4.78, 5) is 20.0. The normalized spacial score (nSPS) is 11.6. The number of carbonyl (C=O) groups is 1. The number of methoxy groups -OCH3 is 1. The number of rotatable bonds is 8. The van der Waals surface area contributed by atoms with Gasteiger partial charge in [-0.3, -0.25) is 14.8 Å². The second kappa shape index (κ2) is 12.8. The molecule has 0 saturated carbocycles. The SMILES string of the molecule is CN=C(NCC(=O)Nc1cccnc1)NCC(C)Oc1cccc(OC)c1.I. The molecule has 3 N–H and O–H groups in total. The number of guanidine groups is 1. The van der Waals surface area contributed by atoms with E-state index in [9.17, 15) is 4.79 Å². The van der Waals surface area contributed by atoms with Gasteiger partial charge in [0, 0.05) is 19.3 Å². The van der Waals surface area contributed by atoms with Crippen LogP contribution < -0.4 is 25.4 Å². The Balaban J connectivity index is 0.00000392. The Kier molecular flexibility index (Phi) is 10.7. The van der Waals surface area contributed by atoms with Gasteiger partial charge in [-0.2, -0.15) is 0 Å². The Morgan fingerprint density at radius 3 is 2.68 bits per heavy atom. The van der Waals surface area contributed by atoms with E-state index in [4.69, 9.17) is 9.47 Å². The lowest BCUT2D eigenvalue weighted by atomic mass is 10.3. The van der Waals surface area contributed by atoms with Gasteiger partial charge in [0.25, 0.3) is 0 Å². The summed E-state index contributed by atoms with van der Waals surface area (Å²) in [7, 11) is 3.26. The zero-order valence-electron chi connectivity index (χ0n) is 16.1. The molecule has 28 heavy (non-hydrogen) atoms. The van der Waals surface area contributed by atoms with E-state index in [1.54, 1.807) is 38.7 Å². The van der Waals surface area contributed by atoms with Gasteiger partial charge in [0.1, 0.15) is 17.6 Å². The third-order valence-corrected chi connectivity index (χ3v) is 3.52. The van der Waals surface area contributed by atoms with Crippen molar-refractivity contribution >= 4 is 41.5 Å². The van der Waals surface area contributed by atoms with E-state index in [0.717, 1.165) is 11.5 Å². The topological polar surface area (TPSA) is 96.9 Å². The van der Waals surface area contributed by atoms with Gasteiger partial charge in [0.2, 0.25) is 5.91 Å². The van der Waals surface area contributed by atoms with Gasteiger partial charge in [-0.1, -0.05) is 6.07 Å². The molecule has 0 aliphatic carbocycles. The maximum absolute atomic E-state index is 12.0. The highest BCUT2D eigenvalue weighted by Gasteiger charge is 2.08. The van der Waals surface area contributed by atoms with Crippen molar-refractivity contribution < 1.29 is 14.3 Å². The smallest absolute Gasteiger partial charge is 0.243 e. The zero-order chi connectivity index (χ0) is 19.5. The summed E-state index contributed by atoms with van der Waals surface area (Å²) in [5.74, 6) is 1.79. The third-order valence-electron chi connectivity index (χ3n) is 3.52. The van der Waals surface area contributed by atoms with Crippen LogP contribution in [-0.4, -0.2) is 50.2 Å². The van der Waals surface area contributed by atoms with Crippen LogP contribution in [0.4, 0.5) is 5.69 Å². The predicted octanol–water partition coefficient (Wildman–Crippen LogP) is 2.28. The summed E-state index contributed by atoms with van der Waals surface area (Å²) in [5, 5.41) is 8.83. The van der Waals surface area contributed by atoms with Crippen LogP contribution in [-0.2, 0) is 4.79 Å². The third kappa shape index (κ3) is 8.42. The molecule has 0 saturated heterocycles. The number of nitrogens with zero attached hydrogens (tertiary/aromatic N) is 2. The van der Waals surface area contributed by atoms with Crippen molar-refractivity contribution in [2.75, 3.05) is 32.6 Å². The number of pyridine rings is 1. The van der Waals surface area contributed by atoms with Crippen molar-refractivity contribution in [3.63, 3.8) is 0 Å². The largest absolute Gasteiger partial charge is 0.497 e. The Morgan fingerprint density at radius 2 is 2.00 bits per heavy atom. The second-order valence-corrected chi connectivity index (χ2v) is 5.70. The Labute approximate surface area is 182 Å². The van der Waals surface area contributed by atoms with Gasteiger partial charge < -0.3 is 25.4 Å². The number of carbonyl (C=O) groups excluding carboxylic acids is 1. The van der Waals surface area contributed by atoms with Crippen LogP contribution in [0.25, 0.3) is 0 Å². The molecule has 9 heteroatoms. The molecule has 2 aromatic rings. The van der Waals surface area contributed by atoms with Crippen molar-refractivity contribution in [1.82, 2.24) is 15.6 Å². The maximum Gasteiger partial charge on any atom is 0.243 e.